The van der Waals surface area contributed by atoms with Crippen LogP contribution in [-0.4, -0.2) is 29.7 Å². The van der Waals surface area contributed by atoms with Gasteiger partial charge in [0, 0.05) is 0 Å². The van der Waals surface area contributed by atoms with Crippen LogP contribution in [0.4, 0.5) is 0 Å². The summed E-state index contributed by atoms with van der Waals surface area (Å²) in [4.78, 5) is 0. The molecule has 0 aliphatic carbocycles. The Morgan fingerprint density at radius 2 is 2.17 bits per heavy atom. The molecule has 0 bridgehead atoms. The average Bonchev–Trinajstić information content (AvgIpc) is 2.22. The first-order valence-electron chi connectivity index (χ1n) is 2.80. The van der Waals surface area contributed by atoms with Gasteiger partial charge < -0.3 is 0 Å². The first-order valence-corrected chi connectivity index (χ1v) is 2.80. The Balaban J connectivity index is 2.20. The van der Waals surface area contributed by atoms with E-state index in [2.05, 4.69) is 0 Å². The van der Waals surface area contributed by atoms with Gasteiger partial charge in [-0.2, -0.15) is 0 Å². The van der Waals surface area contributed by atoms with Crippen molar-refractivity contribution in [1.29, 1.82) is 0 Å². The molecular weight excluding hydrogens is 74.1 g/mol. The third kappa shape index (κ3) is 0.0658. The first-order chi connectivity index (χ1) is 2.93. The minimum absolute atomic E-state index is 1.21. The Hall–Kier alpha value is -0.0400. The summed E-state index contributed by atoms with van der Waals surface area (Å²) in [6, 6.07) is 2.43. The molecule has 0 N–H and O–H groups in total. The molecule has 2 unspecified atom stereocenters. The summed E-state index contributed by atoms with van der Waals surface area (Å²) in [5.41, 5.74) is 0. The minimum atomic E-state index is 1.21. The molecule has 1 heteroatoms. The molecule has 3 aliphatic heterocycles. The van der Waals surface area contributed by atoms with Crippen molar-refractivity contribution in [2.75, 3.05) is 13.1 Å². The lowest BCUT2D eigenvalue weighted by molar-refractivity contribution is -0.762. The highest BCUT2D eigenvalue weighted by molar-refractivity contribution is 5.08. The molecule has 0 aromatic heterocycles. The van der Waals surface area contributed by atoms with Gasteiger partial charge in [0.25, 0.3) is 0 Å². The molecule has 1 spiro atoms. The van der Waals surface area contributed by atoms with Crippen molar-refractivity contribution in [2.24, 2.45) is 0 Å². The van der Waals surface area contributed by atoms with Gasteiger partial charge in [0.15, 0.2) is 12.1 Å². The fourth-order valence-corrected chi connectivity index (χ4v) is 2.07. The second kappa shape index (κ2) is 0.348. The van der Waals surface area contributed by atoms with Crippen LogP contribution in [0, 0.1) is 0 Å². The van der Waals surface area contributed by atoms with Crippen LogP contribution in [0.3, 0.4) is 0 Å². The fraction of sp³-hybridized carbons (Fsp3) is 1.00. The van der Waals surface area contributed by atoms with Crippen molar-refractivity contribution >= 4 is 0 Å². The van der Waals surface area contributed by atoms with Crippen LogP contribution in [0.1, 0.15) is 6.42 Å². The lowest BCUT2D eigenvalue weighted by Crippen LogP contribution is -2.34. The molecule has 1 nitrogen and oxygen atoms in total. The van der Waals surface area contributed by atoms with E-state index < -0.39 is 0 Å². The Morgan fingerprint density at radius 3 is 2.17 bits per heavy atom. The third-order valence-electron chi connectivity index (χ3n) is 2.91. The highest BCUT2D eigenvalue weighted by atomic mass is 15.7. The maximum atomic E-state index is 1.58. The number of quaternary nitrogens is 1. The first kappa shape index (κ1) is 2.31. The van der Waals surface area contributed by atoms with Gasteiger partial charge in [-0.15, -0.1) is 0 Å². The molecule has 6 heavy (non-hydrogen) atoms. The molecular formula is C5H8N+. The zero-order chi connectivity index (χ0) is 3.78. The Bertz CT molecular complexity index is 111. The van der Waals surface area contributed by atoms with Crippen LogP contribution >= 0.6 is 0 Å². The van der Waals surface area contributed by atoms with Crippen molar-refractivity contribution in [2.45, 2.75) is 18.5 Å². The topological polar surface area (TPSA) is 0 Å². The Morgan fingerprint density at radius 1 is 1.33 bits per heavy atom. The molecule has 0 saturated carbocycles. The molecule has 3 rings (SSSR count). The molecule has 3 saturated heterocycles. The third-order valence-corrected chi connectivity index (χ3v) is 2.91. The summed E-state index contributed by atoms with van der Waals surface area (Å²) >= 11 is 0. The summed E-state index contributed by atoms with van der Waals surface area (Å²) < 4.78 is 1.58. The zero-order valence-electron chi connectivity index (χ0n) is 3.72. The molecule has 32 valence electrons. The zero-order valence-corrected chi connectivity index (χ0v) is 3.72. The van der Waals surface area contributed by atoms with Gasteiger partial charge in [-0.25, -0.2) is 0 Å². The van der Waals surface area contributed by atoms with E-state index in [0.29, 0.717) is 0 Å². The molecule has 3 fully saturated rings. The van der Waals surface area contributed by atoms with Gasteiger partial charge in [-0.05, 0) is 0 Å². The van der Waals surface area contributed by atoms with Gasteiger partial charge >= 0.3 is 0 Å². The standard InChI is InChI=1S/C5H8N/c1-2-6-3-5(6)4(1)6/h4-5H,1-3H2/q+1/t4?,5-,6?/m0/s1. The smallest absolute Gasteiger partial charge is 0.192 e. The van der Waals surface area contributed by atoms with E-state index in [4.69, 9.17) is 0 Å². The van der Waals surface area contributed by atoms with E-state index in [1.165, 1.54) is 18.6 Å². The second-order valence-electron chi connectivity index (χ2n) is 2.93. The van der Waals surface area contributed by atoms with Gasteiger partial charge in [0.1, 0.15) is 6.54 Å². The molecule has 3 heterocycles. The van der Waals surface area contributed by atoms with Crippen LogP contribution in [0.5, 0.6) is 0 Å². The number of rotatable bonds is 0. The summed E-state index contributed by atoms with van der Waals surface area (Å²) in [5.74, 6) is 0. The maximum absolute atomic E-state index is 1.58. The largest absolute Gasteiger partial charge is 0.298 e. The molecule has 3 atom stereocenters. The van der Waals surface area contributed by atoms with Crippen LogP contribution in [0.25, 0.3) is 0 Å². The average molecular weight is 82.1 g/mol. The number of fused-ring (bicyclic) bond motifs is 1. The highest BCUT2D eigenvalue weighted by Crippen LogP contribution is 2.64. The predicted octanol–water partition coefficient (Wildman–Crippen LogP) is -0.0287. The van der Waals surface area contributed by atoms with E-state index in [1.807, 2.05) is 0 Å². The lowest BCUT2D eigenvalue weighted by Gasteiger charge is -2.17. The van der Waals surface area contributed by atoms with Crippen LogP contribution in [0.15, 0.2) is 0 Å². The second-order valence-corrected chi connectivity index (χ2v) is 2.93. The van der Waals surface area contributed by atoms with E-state index in [1.54, 1.807) is 17.4 Å². The van der Waals surface area contributed by atoms with Crippen molar-refractivity contribution in [3.05, 3.63) is 0 Å². The van der Waals surface area contributed by atoms with E-state index >= 15 is 0 Å². The van der Waals surface area contributed by atoms with Crippen molar-refractivity contribution in [1.82, 2.24) is 0 Å². The van der Waals surface area contributed by atoms with Gasteiger partial charge in [0.2, 0.25) is 0 Å². The van der Waals surface area contributed by atoms with Crippen molar-refractivity contribution < 1.29 is 4.48 Å². The maximum Gasteiger partial charge on any atom is 0.192 e. The monoisotopic (exact) mass is 82.1 g/mol. The van der Waals surface area contributed by atoms with E-state index in [9.17, 15) is 0 Å². The van der Waals surface area contributed by atoms with E-state index in [0.717, 1.165) is 0 Å². The Labute approximate surface area is 37.2 Å². The summed E-state index contributed by atoms with van der Waals surface area (Å²) in [5, 5.41) is 0. The van der Waals surface area contributed by atoms with Crippen molar-refractivity contribution in [3.8, 4) is 0 Å². The van der Waals surface area contributed by atoms with Gasteiger partial charge in [-0.3, -0.25) is 4.48 Å². The molecule has 0 radical (unpaired) electrons. The quantitative estimate of drug-likeness (QED) is 0.284. The van der Waals surface area contributed by atoms with E-state index in [-0.39, 0.29) is 0 Å². The number of hydrogen-bond acceptors (Lipinski definition) is 0. The normalized spacial score (nSPS) is 80.0. The summed E-state index contributed by atoms with van der Waals surface area (Å²) in [7, 11) is 0. The molecule has 0 aromatic carbocycles. The van der Waals surface area contributed by atoms with Crippen LogP contribution < -0.4 is 0 Å². The van der Waals surface area contributed by atoms with Gasteiger partial charge in [-0.1, -0.05) is 0 Å². The SMILES string of the molecule is C1C[N+]23C[C@H]2C13. The van der Waals surface area contributed by atoms with Gasteiger partial charge in [0.05, 0.1) is 13.0 Å². The molecule has 3 aliphatic rings. The van der Waals surface area contributed by atoms with Crippen molar-refractivity contribution in [3.63, 3.8) is 0 Å². The number of hydrogen-bond donors (Lipinski definition) is 0. The minimum Gasteiger partial charge on any atom is -0.298 e. The predicted molar refractivity (Wildman–Crippen MR) is 22.2 cm³/mol. The number of piperidine rings is 1. The molecule has 0 aromatic rings. The Kier molecular flexibility index (Phi) is 0.134. The highest BCUT2D eigenvalue weighted by Gasteiger charge is 2.88. The summed E-state index contributed by atoms with van der Waals surface area (Å²) in [6.07, 6.45) is 1.56. The van der Waals surface area contributed by atoms with Crippen LogP contribution in [0.2, 0.25) is 0 Å². The lowest BCUT2D eigenvalue weighted by atomic mass is 10.1. The number of nitrogens with zero attached hydrogens (tertiary/aromatic N) is 1. The summed E-state index contributed by atoms with van der Waals surface area (Å²) in [6.45, 7) is 3.10. The fourth-order valence-electron chi connectivity index (χ4n) is 2.07. The molecule has 0 amide bonds. The van der Waals surface area contributed by atoms with Crippen LogP contribution in [-0.2, 0) is 0 Å².